The van der Waals surface area contributed by atoms with Gasteiger partial charge in [-0.15, -0.1) is 5.92 Å². The van der Waals surface area contributed by atoms with E-state index in [-0.39, 0.29) is 28.8 Å². The smallest absolute Gasteiger partial charge is 0.270 e. The number of aliphatic imine (C=N–C) groups is 1. The number of aliphatic hydroxyl groups is 1. The van der Waals surface area contributed by atoms with Gasteiger partial charge >= 0.3 is 0 Å². The van der Waals surface area contributed by atoms with Gasteiger partial charge in [-0.1, -0.05) is 40.6 Å². The second kappa shape index (κ2) is 11.1. The number of anilines is 1. The van der Waals surface area contributed by atoms with Crippen LogP contribution in [0.2, 0.25) is 0 Å². The third kappa shape index (κ3) is 7.56. The van der Waals surface area contributed by atoms with Gasteiger partial charge in [-0.05, 0) is 24.6 Å². The van der Waals surface area contributed by atoms with Gasteiger partial charge in [0.25, 0.3) is 5.91 Å². The lowest BCUT2D eigenvalue weighted by atomic mass is 10.2. The fourth-order valence-electron chi connectivity index (χ4n) is 1.64. The molecule has 4 N–H and O–H groups in total. The van der Waals surface area contributed by atoms with E-state index in [0.29, 0.717) is 24.5 Å². The second-order valence-electron chi connectivity index (χ2n) is 4.47. The van der Waals surface area contributed by atoms with E-state index in [0.717, 1.165) is 0 Å². The van der Waals surface area contributed by atoms with Crippen LogP contribution in [0.3, 0.4) is 0 Å². The molecule has 124 valence electrons. The molecule has 0 aliphatic heterocycles. The van der Waals surface area contributed by atoms with Crippen molar-refractivity contribution < 1.29 is 14.6 Å². The molecule has 0 radical (unpaired) electrons. The summed E-state index contributed by atoms with van der Waals surface area (Å²) in [7, 11) is 0. The summed E-state index contributed by atoms with van der Waals surface area (Å²) < 4.78 is 5.10. The van der Waals surface area contributed by atoms with Crippen LogP contribution in [0.1, 0.15) is 12.5 Å². The first kappa shape index (κ1) is 19.6. The minimum absolute atomic E-state index is 0.0276. The Labute approximate surface area is 149 Å². The fraction of sp³-hybridized carbons (Fsp3) is 0.375. The first-order chi connectivity index (χ1) is 11.1. The summed E-state index contributed by atoms with van der Waals surface area (Å²) >= 11 is 2.08. The zero-order valence-electron chi connectivity index (χ0n) is 12.9. The highest BCUT2D eigenvalue weighted by Crippen LogP contribution is 2.11. The van der Waals surface area contributed by atoms with Gasteiger partial charge in [-0.25, -0.2) is 0 Å². The maximum absolute atomic E-state index is 12.2. The van der Waals surface area contributed by atoms with Crippen LogP contribution in [0.5, 0.6) is 0 Å². The number of hydrogen-bond donors (Lipinski definition) is 3. The molecule has 0 fully saturated rings. The molecule has 23 heavy (non-hydrogen) atoms. The van der Waals surface area contributed by atoms with Gasteiger partial charge in [0.15, 0.2) is 0 Å². The lowest BCUT2D eigenvalue weighted by molar-refractivity contribution is -0.110. The molecule has 1 aromatic rings. The third-order valence-electron chi connectivity index (χ3n) is 2.73. The zero-order valence-corrected chi connectivity index (χ0v) is 15.0. The molecule has 6 nitrogen and oxygen atoms in total. The number of carbonyl (C=O) groups is 1. The van der Waals surface area contributed by atoms with Crippen LogP contribution in [0.15, 0.2) is 29.3 Å². The SMILES string of the molecule is CC#CCOCC(I)N=C(CN)C(=O)Nc1cccc(CO)c1. The van der Waals surface area contributed by atoms with Crippen molar-refractivity contribution in [2.75, 3.05) is 25.1 Å². The van der Waals surface area contributed by atoms with E-state index in [1.54, 1.807) is 31.2 Å². The summed E-state index contributed by atoms with van der Waals surface area (Å²) in [5.41, 5.74) is 7.15. The minimum atomic E-state index is -0.363. The molecular weight excluding hydrogens is 409 g/mol. The number of nitrogens with zero attached hydrogens (tertiary/aromatic N) is 1. The summed E-state index contributed by atoms with van der Waals surface area (Å²) in [6.45, 7) is 2.37. The van der Waals surface area contributed by atoms with E-state index in [4.69, 9.17) is 15.6 Å². The topological polar surface area (TPSA) is 96.9 Å². The third-order valence-corrected chi connectivity index (χ3v) is 3.36. The quantitative estimate of drug-likeness (QED) is 0.145. The largest absolute Gasteiger partial charge is 0.392 e. The Morgan fingerprint density at radius 1 is 1.57 bits per heavy atom. The summed E-state index contributed by atoms with van der Waals surface area (Å²) in [5, 5.41) is 11.8. The number of alkyl halides is 1. The molecule has 0 bridgehead atoms. The first-order valence-electron chi connectivity index (χ1n) is 7.00. The van der Waals surface area contributed by atoms with Crippen molar-refractivity contribution in [3.05, 3.63) is 29.8 Å². The molecule has 0 aromatic heterocycles. The predicted octanol–water partition coefficient (Wildman–Crippen LogP) is 1.32. The van der Waals surface area contributed by atoms with Gasteiger partial charge in [-0.3, -0.25) is 9.79 Å². The Morgan fingerprint density at radius 3 is 3.00 bits per heavy atom. The Hall–Kier alpha value is -1.47. The summed E-state index contributed by atoms with van der Waals surface area (Å²) in [4.78, 5) is 16.5. The number of nitrogens with two attached hydrogens (primary N) is 1. The molecule has 0 saturated heterocycles. The van der Waals surface area contributed by atoms with Crippen LogP contribution in [-0.2, 0) is 16.1 Å². The van der Waals surface area contributed by atoms with Crippen molar-refractivity contribution in [3.8, 4) is 11.8 Å². The molecule has 0 aliphatic rings. The number of hydrogen-bond acceptors (Lipinski definition) is 5. The van der Waals surface area contributed by atoms with Crippen LogP contribution >= 0.6 is 22.6 Å². The number of aliphatic hydroxyl groups excluding tert-OH is 1. The van der Waals surface area contributed by atoms with Crippen molar-refractivity contribution >= 4 is 39.9 Å². The maximum atomic E-state index is 12.2. The van der Waals surface area contributed by atoms with Gasteiger partial charge in [0.1, 0.15) is 16.4 Å². The molecule has 1 amide bonds. The molecule has 1 rings (SSSR count). The van der Waals surface area contributed by atoms with Gasteiger partial charge < -0.3 is 20.9 Å². The first-order valence-corrected chi connectivity index (χ1v) is 8.24. The van der Waals surface area contributed by atoms with E-state index < -0.39 is 0 Å². The molecular formula is C16H20IN3O3. The molecule has 0 saturated carbocycles. The number of carbonyl (C=O) groups excluding carboxylic acids is 1. The molecule has 1 unspecified atom stereocenters. The van der Waals surface area contributed by atoms with Gasteiger partial charge in [-0.2, -0.15) is 0 Å². The highest BCUT2D eigenvalue weighted by Gasteiger charge is 2.12. The average molecular weight is 429 g/mol. The second-order valence-corrected chi connectivity index (χ2v) is 5.91. The summed E-state index contributed by atoms with van der Waals surface area (Å²) in [6, 6.07) is 6.95. The fourth-order valence-corrected chi connectivity index (χ4v) is 2.23. The Morgan fingerprint density at radius 2 is 2.35 bits per heavy atom. The van der Waals surface area contributed by atoms with E-state index in [2.05, 4.69) is 44.7 Å². The number of benzene rings is 1. The average Bonchev–Trinajstić information content (AvgIpc) is 2.56. The van der Waals surface area contributed by atoms with Crippen LogP contribution in [-0.4, -0.2) is 40.5 Å². The minimum Gasteiger partial charge on any atom is -0.392 e. The number of halogens is 1. The molecule has 0 heterocycles. The van der Waals surface area contributed by atoms with Crippen molar-refractivity contribution in [2.45, 2.75) is 17.6 Å². The summed E-state index contributed by atoms with van der Waals surface area (Å²) in [5.74, 6) is 5.16. The molecule has 1 aromatic carbocycles. The normalized spacial score (nSPS) is 12.3. The highest BCUT2D eigenvalue weighted by atomic mass is 127. The number of amides is 1. The maximum Gasteiger partial charge on any atom is 0.270 e. The van der Waals surface area contributed by atoms with E-state index in [1.807, 2.05) is 0 Å². The van der Waals surface area contributed by atoms with Crippen molar-refractivity contribution in [3.63, 3.8) is 0 Å². The van der Waals surface area contributed by atoms with Gasteiger partial charge in [0, 0.05) is 12.2 Å². The number of rotatable bonds is 8. The van der Waals surface area contributed by atoms with E-state index >= 15 is 0 Å². The molecule has 1 atom stereocenters. The number of nitrogens with one attached hydrogen (secondary N) is 1. The molecule has 0 aliphatic carbocycles. The van der Waals surface area contributed by atoms with Gasteiger partial charge in [0.2, 0.25) is 0 Å². The Bertz CT molecular complexity index is 608. The van der Waals surface area contributed by atoms with Gasteiger partial charge in [0.05, 0.1) is 13.2 Å². The van der Waals surface area contributed by atoms with Crippen molar-refractivity contribution in [1.82, 2.24) is 0 Å². The van der Waals surface area contributed by atoms with Crippen molar-refractivity contribution in [2.24, 2.45) is 10.7 Å². The zero-order chi connectivity index (χ0) is 17.1. The van der Waals surface area contributed by atoms with Crippen LogP contribution < -0.4 is 11.1 Å². The standard InChI is InChI=1S/C16H20IN3O3/c1-2-3-7-23-11-15(17)20-14(9-18)16(22)19-13-6-4-5-12(8-13)10-21/h4-6,8,15,21H,7,9-11,18H2,1H3,(H,19,22). The molecule has 7 heteroatoms. The Kier molecular flexibility index (Phi) is 9.47. The monoisotopic (exact) mass is 429 g/mol. The van der Waals surface area contributed by atoms with E-state index in [9.17, 15) is 4.79 Å². The van der Waals surface area contributed by atoms with Crippen LogP contribution in [0.4, 0.5) is 5.69 Å². The van der Waals surface area contributed by atoms with Crippen LogP contribution in [0, 0.1) is 11.8 Å². The number of ether oxygens (including phenoxy) is 1. The lowest BCUT2D eigenvalue weighted by Gasteiger charge is -2.10. The van der Waals surface area contributed by atoms with Crippen molar-refractivity contribution in [1.29, 1.82) is 0 Å². The summed E-state index contributed by atoms with van der Waals surface area (Å²) in [6.07, 6.45) is 0. The predicted molar refractivity (Wildman–Crippen MR) is 99.6 cm³/mol. The highest BCUT2D eigenvalue weighted by molar-refractivity contribution is 14.1. The Balaban J connectivity index is 2.65. The van der Waals surface area contributed by atoms with E-state index in [1.165, 1.54) is 0 Å². The van der Waals surface area contributed by atoms with Crippen LogP contribution in [0.25, 0.3) is 0 Å². The lowest BCUT2D eigenvalue weighted by Crippen LogP contribution is -2.31. The molecule has 0 spiro atoms.